The second-order valence-electron chi connectivity index (χ2n) is 6.94. The molecule has 0 radical (unpaired) electrons. The molecule has 0 saturated carbocycles. The second-order valence-corrected chi connectivity index (χ2v) is 6.94. The Morgan fingerprint density at radius 3 is 2.21 bits per heavy atom. The number of rotatable bonds is 7. The molecule has 0 aromatic carbocycles. The molecule has 1 heterocycles. The van der Waals surface area contributed by atoms with Gasteiger partial charge in [-0.15, -0.1) is 0 Å². The number of aliphatic imine (C=N–C) groups is 2. The minimum atomic E-state index is 0.785. The molecule has 0 aromatic heterocycles. The molecular formula is C20H34N4. The Kier molecular flexibility index (Phi) is 8.13. The maximum absolute atomic E-state index is 4.77. The molecule has 0 amide bonds. The Balaban J connectivity index is 2.80. The molecule has 0 atom stereocenters. The zero-order valence-corrected chi connectivity index (χ0v) is 16.4. The van der Waals surface area contributed by atoms with Gasteiger partial charge < -0.3 is 9.80 Å². The van der Waals surface area contributed by atoms with Gasteiger partial charge in [-0.05, 0) is 66.1 Å². The smallest absolute Gasteiger partial charge is 0.0868 e. The predicted molar refractivity (Wildman–Crippen MR) is 107 cm³/mol. The fourth-order valence-electron chi connectivity index (χ4n) is 3.10. The van der Waals surface area contributed by atoms with E-state index >= 15 is 0 Å². The van der Waals surface area contributed by atoms with E-state index < -0.39 is 0 Å². The highest BCUT2D eigenvalue weighted by Gasteiger charge is 2.21. The molecule has 0 aromatic rings. The molecule has 1 aliphatic rings. The first-order chi connectivity index (χ1) is 11.3. The summed E-state index contributed by atoms with van der Waals surface area (Å²) in [5, 5.41) is 0. The third-order valence-corrected chi connectivity index (χ3v) is 4.39. The lowest BCUT2D eigenvalue weighted by atomic mass is 9.96. The van der Waals surface area contributed by atoms with E-state index in [2.05, 4.69) is 42.0 Å². The Bertz CT molecular complexity index is 544. The molecule has 1 saturated heterocycles. The third-order valence-electron chi connectivity index (χ3n) is 4.39. The molecular weight excluding hydrogens is 296 g/mol. The van der Waals surface area contributed by atoms with E-state index in [0.717, 1.165) is 47.4 Å². The minimum absolute atomic E-state index is 0.785. The van der Waals surface area contributed by atoms with E-state index in [4.69, 9.17) is 4.99 Å². The van der Waals surface area contributed by atoms with Crippen molar-refractivity contribution in [1.82, 2.24) is 9.80 Å². The van der Waals surface area contributed by atoms with Crippen LogP contribution in [0.2, 0.25) is 0 Å². The molecule has 1 aliphatic heterocycles. The highest BCUT2D eigenvalue weighted by molar-refractivity contribution is 5.98. The molecule has 1 fully saturated rings. The summed E-state index contributed by atoms with van der Waals surface area (Å²) in [6, 6.07) is 0. The maximum atomic E-state index is 4.77. The van der Waals surface area contributed by atoms with Crippen LogP contribution < -0.4 is 0 Å². The van der Waals surface area contributed by atoms with Gasteiger partial charge in [-0.1, -0.05) is 13.2 Å². The molecule has 0 N–H and O–H groups in total. The van der Waals surface area contributed by atoms with E-state index in [-0.39, 0.29) is 0 Å². The van der Waals surface area contributed by atoms with E-state index in [1.807, 2.05) is 27.7 Å². The summed E-state index contributed by atoms with van der Waals surface area (Å²) in [5.41, 5.74) is 4.64. The second kappa shape index (κ2) is 9.58. The largest absolute Gasteiger partial charge is 0.371 e. The van der Waals surface area contributed by atoms with Crippen LogP contribution in [0.1, 0.15) is 40.5 Å². The minimum Gasteiger partial charge on any atom is -0.371 e. The van der Waals surface area contributed by atoms with Gasteiger partial charge in [-0.25, -0.2) is 4.99 Å². The lowest BCUT2D eigenvalue weighted by Gasteiger charge is -2.35. The summed E-state index contributed by atoms with van der Waals surface area (Å²) < 4.78 is 0. The van der Waals surface area contributed by atoms with Crippen molar-refractivity contribution >= 4 is 11.9 Å². The van der Waals surface area contributed by atoms with Crippen molar-refractivity contribution in [3.05, 3.63) is 35.8 Å². The van der Waals surface area contributed by atoms with Crippen molar-refractivity contribution in [2.45, 2.75) is 40.5 Å². The van der Waals surface area contributed by atoms with Crippen LogP contribution in [0.15, 0.2) is 45.8 Å². The van der Waals surface area contributed by atoms with Crippen LogP contribution in [0.4, 0.5) is 0 Å². The molecule has 1 rings (SSSR count). The Morgan fingerprint density at radius 2 is 1.75 bits per heavy atom. The zero-order valence-electron chi connectivity index (χ0n) is 16.4. The summed E-state index contributed by atoms with van der Waals surface area (Å²) in [5.74, 6) is 0.785. The van der Waals surface area contributed by atoms with E-state index in [1.165, 1.54) is 19.4 Å². The van der Waals surface area contributed by atoms with Crippen molar-refractivity contribution in [3.63, 3.8) is 0 Å². The number of likely N-dealkylation sites (tertiary alicyclic amines) is 1. The van der Waals surface area contributed by atoms with E-state index in [1.54, 1.807) is 6.21 Å². The summed E-state index contributed by atoms with van der Waals surface area (Å²) in [6.07, 6.45) is 4.22. The topological polar surface area (TPSA) is 31.2 Å². The van der Waals surface area contributed by atoms with Gasteiger partial charge in [0, 0.05) is 25.8 Å². The summed E-state index contributed by atoms with van der Waals surface area (Å²) >= 11 is 0. The van der Waals surface area contributed by atoms with Crippen LogP contribution in [0.25, 0.3) is 0 Å². The van der Waals surface area contributed by atoms with Gasteiger partial charge in [0.05, 0.1) is 22.8 Å². The van der Waals surface area contributed by atoms with Crippen LogP contribution in [0, 0.1) is 5.92 Å². The molecule has 24 heavy (non-hydrogen) atoms. The first-order valence-electron chi connectivity index (χ1n) is 8.75. The lowest BCUT2D eigenvalue weighted by molar-refractivity contribution is 0.199. The van der Waals surface area contributed by atoms with Gasteiger partial charge in [-0.3, -0.25) is 4.99 Å². The first kappa shape index (κ1) is 20.4. The van der Waals surface area contributed by atoms with Crippen LogP contribution in [-0.2, 0) is 0 Å². The van der Waals surface area contributed by atoms with Gasteiger partial charge in [0.1, 0.15) is 0 Å². The molecule has 0 spiro atoms. The van der Waals surface area contributed by atoms with Gasteiger partial charge in [0.2, 0.25) is 0 Å². The van der Waals surface area contributed by atoms with Crippen LogP contribution >= 0.6 is 0 Å². The summed E-state index contributed by atoms with van der Waals surface area (Å²) in [4.78, 5) is 13.8. The zero-order chi connectivity index (χ0) is 18.3. The van der Waals surface area contributed by atoms with Crippen molar-refractivity contribution in [1.29, 1.82) is 0 Å². The standard InChI is InChI=1S/C20H34N4/c1-9-21-17(5)20(15(2)3)22-16(4)18(6)24-12-10-19(11-13-24)14-23(7)8/h9,19H,2,6,10-14H2,1,3-5,7-8H3/b20-17+,21-9?,22-16?. The molecule has 4 heteroatoms. The average Bonchev–Trinajstić information content (AvgIpc) is 2.51. The Morgan fingerprint density at radius 1 is 1.17 bits per heavy atom. The fraction of sp³-hybridized carbons (Fsp3) is 0.600. The van der Waals surface area contributed by atoms with Crippen LogP contribution in [0.5, 0.6) is 0 Å². The number of piperidine rings is 1. The highest BCUT2D eigenvalue weighted by Crippen LogP contribution is 2.22. The average molecular weight is 331 g/mol. The number of hydrogen-bond acceptors (Lipinski definition) is 4. The Labute approximate surface area is 148 Å². The lowest BCUT2D eigenvalue weighted by Crippen LogP contribution is -2.37. The van der Waals surface area contributed by atoms with Gasteiger partial charge in [0.15, 0.2) is 0 Å². The summed E-state index contributed by atoms with van der Waals surface area (Å²) in [7, 11) is 4.30. The molecule has 0 unspecified atom stereocenters. The first-order valence-corrected chi connectivity index (χ1v) is 8.75. The Hall–Kier alpha value is -1.68. The van der Waals surface area contributed by atoms with Gasteiger partial charge in [-0.2, -0.15) is 0 Å². The normalized spacial score (nSPS) is 18.3. The molecule has 4 nitrogen and oxygen atoms in total. The van der Waals surface area contributed by atoms with Crippen molar-refractivity contribution < 1.29 is 0 Å². The highest BCUT2D eigenvalue weighted by atomic mass is 15.2. The fourth-order valence-corrected chi connectivity index (χ4v) is 3.10. The maximum Gasteiger partial charge on any atom is 0.0868 e. The van der Waals surface area contributed by atoms with Gasteiger partial charge >= 0.3 is 0 Å². The number of hydrogen-bond donors (Lipinski definition) is 0. The van der Waals surface area contributed by atoms with Crippen molar-refractivity contribution in [2.24, 2.45) is 15.9 Å². The van der Waals surface area contributed by atoms with Crippen LogP contribution in [0.3, 0.4) is 0 Å². The quantitative estimate of drug-likeness (QED) is 0.519. The third kappa shape index (κ3) is 6.08. The summed E-state index contributed by atoms with van der Waals surface area (Å²) in [6.45, 7) is 19.5. The van der Waals surface area contributed by atoms with Crippen molar-refractivity contribution in [3.8, 4) is 0 Å². The molecule has 134 valence electrons. The molecule has 0 aliphatic carbocycles. The number of nitrogens with zero attached hydrogens (tertiary/aromatic N) is 4. The SMILES string of the molecule is C=C(C)/C(N=C(C)C(=C)N1CCC(CN(C)C)CC1)=C(/C)N=CC. The van der Waals surface area contributed by atoms with E-state index in [0.29, 0.717) is 0 Å². The number of allylic oxidation sites excluding steroid dienone is 3. The predicted octanol–water partition coefficient (Wildman–Crippen LogP) is 4.13. The monoisotopic (exact) mass is 330 g/mol. The van der Waals surface area contributed by atoms with E-state index in [9.17, 15) is 0 Å². The van der Waals surface area contributed by atoms with Gasteiger partial charge in [0.25, 0.3) is 0 Å². The van der Waals surface area contributed by atoms with Crippen molar-refractivity contribution in [2.75, 3.05) is 33.7 Å². The van der Waals surface area contributed by atoms with Crippen LogP contribution in [-0.4, -0.2) is 55.5 Å². The molecule has 0 bridgehead atoms.